The third-order valence-electron chi connectivity index (χ3n) is 10.1. The van der Waals surface area contributed by atoms with Crippen molar-refractivity contribution in [3.63, 3.8) is 0 Å². The van der Waals surface area contributed by atoms with E-state index in [1.807, 2.05) is 6.08 Å². The molecule has 6 atom stereocenters. The van der Waals surface area contributed by atoms with E-state index in [9.17, 15) is 37.9 Å². The van der Waals surface area contributed by atoms with E-state index in [1.54, 1.807) is 0 Å². The van der Waals surface area contributed by atoms with E-state index in [0.29, 0.717) is 19.3 Å². The van der Waals surface area contributed by atoms with Gasteiger partial charge < -0.3 is 34.3 Å². The van der Waals surface area contributed by atoms with E-state index in [2.05, 4.69) is 68.5 Å². The zero-order valence-electron chi connectivity index (χ0n) is 36.8. The first-order valence-corrected chi connectivity index (χ1v) is 24.5. The lowest BCUT2D eigenvalue weighted by molar-refractivity contribution is -0.297. The Morgan fingerprint density at radius 2 is 1.07 bits per heavy atom. The molecule has 2 unspecified atom stereocenters. The topological polar surface area (TPSA) is 186 Å². The van der Waals surface area contributed by atoms with E-state index >= 15 is 0 Å². The van der Waals surface area contributed by atoms with Gasteiger partial charge in [0.25, 0.3) is 10.1 Å². The standard InChI is InChI=1S/C47H80O12S/c1-3-5-7-9-11-13-15-17-19-20-22-23-25-27-29-31-33-35-42(48)56-37-40(38-57-47-46(52)45(51)44(50)41(59-47)39-60(53,54)55)58-43(49)36-34-32-30-28-26-24-21-18-16-14-12-10-8-6-4-2/h14,16-19,21-23,27,29,40-41,44-47,50-52H,3-13,15,20,24-26,28,30-39H2,1-2H3,(H,53,54,55)/b16-14+,19-17+,21-18+,23-22+,29-27+/t40-,41-,44-,45?,46?,47+/m1/s1. The second-order valence-corrected chi connectivity index (χ2v) is 17.2. The van der Waals surface area contributed by atoms with Gasteiger partial charge in [-0.25, -0.2) is 0 Å². The van der Waals surface area contributed by atoms with Crippen molar-refractivity contribution in [1.82, 2.24) is 0 Å². The molecule has 0 radical (unpaired) electrons. The SMILES string of the molecule is CCCCCC/C=C/C=C/CCCCCCCC(=O)O[C@H](COC(=O)CCC/C=C/C/C=C/C/C=C/CCCCCCCC)CO[C@H]1O[C@H](CS(=O)(=O)O)[C@@H](O)C(O)C1O. The number of esters is 2. The maximum absolute atomic E-state index is 12.8. The summed E-state index contributed by atoms with van der Waals surface area (Å²) in [5.41, 5.74) is 0. The first-order valence-electron chi connectivity index (χ1n) is 22.9. The summed E-state index contributed by atoms with van der Waals surface area (Å²) in [5, 5.41) is 30.9. The number of hydrogen-bond donors (Lipinski definition) is 4. The van der Waals surface area contributed by atoms with Crippen LogP contribution in [0.1, 0.15) is 168 Å². The average molecular weight is 869 g/mol. The molecular formula is C47H80O12S. The predicted molar refractivity (Wildman–Crippen MR) is 238 cm³/mol. The largest absolute Gasteiger partial charge is 0.462 e. The first-order chi connectivity index (χ1) is 29.0. The molecule has 12 nitrogen and oxygen atoms in total. The van der Waals surface area contributed by atoms with Gasteiger partial charge in [-0.2, -0.15) is 8.42 Å². The maximum atomic E-state index is 12.8. The molecule has 0 aromatic rings. The van der Waals surface area contributed by atoms with Crippen molar-refractivity contribution in [3.05, 3.63) is 60.8 Å². The highest BCUT2D eigenvalue weighted by atomic mass is 32.2. The molecule has 0 bridgehead atoms. The number of aliphatic hydroxyl groups is 3. The zero-order chi connectivity index (χ0) is 44.1. The number of hydrogen-bond acceptors (Lipinski definition) is 11. The Balaban J connectivity index is 2.50. The second kappa shape index (κ2) is 37.0. The van der Waals surface area contributed by atoms with Gasteiger partial charge in [0.15, 0.2) is 12.4 Å². The Morgan fingerprint density at radius 1 is 0.583 bits per heavy atom. The third kappa shape index (κ3) is 31.2. The Morgan fingerprint density at radius 3 is 1.65 bits per heavy atom. The Hall–Kier alpha value is -2.65. The normalized spacial score (nSPS) is 20.7. The molecule has 60 heavy (non-hydrogen) atoms. The molecule has 1 saturated heterocycles. The fraction of sp³-hybridized carbons (Fsp3) is 0.745. The molecule has 1 heterocycles. The van der Waals surface area contributed by atoms with Crippen molar-refractivity contribution in [2.45, 2.75) is 205 Å². The monoisotopic (exact) mass is 869 g/mol. The number of allylic oxidation sites excluding steroid dienone is 10. The van der Waals surface area contributed by atoms with Gasteiger partial charge in [0, 0.05) is 12.8 Å². The lowest BCUT2D eigenvalue weighted by atomic mass is 10.00. The first kappa shape index (κ1) is 55.4. The van der Waals surface area contributed by atoms with Crippen molar-refractivity contribution < 1.29 is 56.8 Å². The Kier molecular flexibility index (Phi) is 34.1. The van der Waals surface area contributed by atoms with Crippen LogP contribution in [0.15, 0.2) is 60.8 Å². The molecule has 1 aliphatic heterocycles. The summed E-state index contributed by atoms with van der Waals surface area (Å²) in [6.45, 7) is 3.67. The van der Waals surface area contributed by atoms with Gasteiger partial charge in [-0.1, -0.05) is 145 Å². The summed E-state index contributed by atoms with van der Waals surface area (Å²) in [6.07, 6.45) is 35.5. The highest BCUT2D eigenvalue weighted by Crippen LogP contribution is 2.24. The molecule has 1 fully saturated rings. The van der Waals surface area contributed by atoms with Crippen LogP contribution >= 0.6 is 0 Å². The van der Waals surface area contributed by atoms with Crippen LogP contribution < -0.4 is 0 Å². The number of carbonyl (C=O) groups is 2. The lowest BCUT2D eigenvalue weighted by Gasteiger charge is -2.40. The highest BCUT2D eigenvalue weighted by molar-refractivity contribution is 7.85. The molecule has 0 spiro atoms. The van der Waals surface area contributed by atoms with Gasteiger partial charge in [-0.3, -0.25) is 14.1 Å². The lowest BCUT2D eigenvalue weighted by Crippen LogP contribution is -2.60. The number of ether oxygens (including phenoxy) is 4. The summed E-state index contributed by atoms with van der Waals surface area (Å²) in [6, 6.07) is 0. The molecule has 1 aliphatic rings. The van der Waals surface area contributed by atoms with Gasteiger partial charge in [0.05, 0.1) is 6.61 Å². The summed E-state index contributed by atoms with van der Waals surface area (Å²) in [5.74, 6) is -2.08. The van der Waals surface area contributed by atoms with Crippen LogP contribution in [0.5, 0.6) is 0 Å². The Bertz CT molecular complexity index is 1340. The third-order valence-corrected chi connectivity index (χ3v) is 10.8. The minimum atomic E-state index is -4.61. The molecular weight excluding hydrogens is 789 g/mol. The zero-order valence-corrected chi connectivity index (χ0v) is 37.6. The quantitative estimate of drug-likeness (QED) is 0.0153. The summed E-state index contributed by atoms with van der Waals surface area (Å²) in [4.78, 5) is 25.4. The van der Waals surface area contributed by atoms with Gasteiger partial charge >= 0.3 is 11.9 Å². The highest BCUT2D eigenvalue weighted by Gasteiger charge is 2.46. The van der Waals surface area contributed by atoms with Crippen LogP contribution in [0.25, 0.3) is 0 Å². The van der Waals surface area contributed by atoms with E-state index in [-0.39, 0.29) is 19.4 Å². The Labute approximate surface area is 362 Å². The number of aliphatic hydroxyl groups excluding tert-OH is 3. The van der Waals surface area contributed by atoms with E-state index < -0.39 is 71.2 Å². The van der Waals surface area contributed by atoms with Gasteiger partial charge in [0.2, 0.25) is 0 Å². The fourth-order valence-electron chi connectivity index (χ4n) is 6.51. The number of unbranched alkanes of at least 4 members (excludes halogenated alkanes) is 16. The van der Waals surface area contributed by atoms with E-state index in [1.165, 1.54) is 64.2 Å². The van der Waals surface area contributed by atoms with Crippen LogP contribution in [0, 0.1) is 0 Å². The van der Waals surface area contributed by atoms with Crippen LogP contribution in [-0.2, 0) is 38.7 Å². The van der Waals surface area contributed by atoms with Crippen LogP contribution in [0.3, 0.4) is 0 Å². The van der Waals surface area contributed by atoms with Crippen molar-refractivity contribution in [2.75, 3.05) is 19.0 Å². The summed E-state index contributed by atoms with van der Waals surface area (Å²) in [7, 11) is -4.61. The van der Waals surface area contributed by atoms with Crippen molar-refractivity contribution in [2.24, 2.45) is 0 Å². The molecule has 0 aromatic carbocycles. The van der Waals surface area contributed by atoms with Crippen molar-refractivity contribution >= 4 is 22.1 Å². The summed E-state index contributed by atoms with van der Waals surface area (Å²) < 4.78 is 54.0. The molecule has 0 saturated carbocycles. The van der Waals surface area contributed by atoms with Gasteiger partial charge in [0.1, 0.15) is 36.8 Å². The van der Waals surface area contributed by atoms with Gasteiger partial charge in [-0.05, 0) is 70.6 Å². The molecule has 13 heteroatoms. The van der Waals surface area contributed by atoms with Crippen LogP contribution in [0.2, 0.25) is 0 Å². The van der Waals surface area contributed by atoms with Crippen molar-refractivity contribution in [3.8, 4) is 0 Å². The molecule has 0 aliphatic carbocycles. The number of rotatable bonds is 37. The average Bonchev–Trinajstić information content (AvgIpc) is 3.21. The second-order valence-electron chi connectivity index (χ2n) is 15.7. The van der Waals surface area contributed by atoms with E-state index in [4.69, 9.17) is 18.9 Å². The molecule has 4 N–H and O–H groups in total. The minimum absolute atomic E-state index is 0.134. The molecule has 0 amide bonds. The fourth-order valence-corrected chi connectivity index (χ4v) is 7.20. The van der Waals surface area contributed by atoms with Crippen molar-refractivity contribution in [1.29, 1.82) is 0 Å². The minimum Gasteiger partial charge on any atom is -0.462 e. The maximum Gasteiger partial charge on any atom is 0.306 e. The van der Waals surface area contributed by atoms with Gasteiger partial charge in [-0.15, -0.1) is 0 Å². The van der Waals surface area contributed by atoms with Crippen LogP contribution in [-0.4, -0.2) is 96.0 Å². The van der Waals surface area contributed by atoms with Crippen LogP contribution in [0.4, 0.5) is 0 Å². The molecule has 1 rings (SSSR count). The van der Waals surface area contributed by atoms with E-state index in [0.717, 1.165) is 57.8 Å². The number of carbonyl (C=O) groups excluding carboxylic acids is 2. The smallest absolute Gasteiger partial charge is 0.306 e. The molecule has 346 valence electrons. The predicted octanol–water partition coefficient (Wildman–Crippen LogP) is 9.34. The molecule has 0 aromatic heterocycles. The summed E-state index contributed by atoms with van der Waals surface area (Å²) >= 11 is 0.